The highest BCUT2D eigenvalue weighted by Crippen LogP contribution is 2.19. The van der Waals surface area contributed by atoms with Crippen molar-refractivity contribution < 1.29 is 4.74 Å². The molecule has 0 N–H and O–H groups in total. The summed E-state index contributed by atoms with van der Waals surface area (Å²) in [7, 11) is 0. The summed E-state index contributed by atoms with van der Waals surface area (Å²) in [6.07, 6.45) is 23.1. The Balaban J connectivity index is 1.72. The average molecular weight is 358 g/mol. The Bertz CT molecular complexity index is 250. The summed E-state index contributed by atoms with van der Waals surface area (Å²) in [6, 6.07) is 0. The van der Waals surface area contributed by atoms with Gasteiger partial charge in [-0.1, -0.05) is 58.3 Å². The second-order valence-electron chi connectivity index (χ2n) is 7.86. The first-order valence-electron chi connectivity index (χ1n) is 11.1. The quantitative estimate of drug-likeness (QED) is 0.167. The fourth-order valence-electron chi connectivity index (χ4n) is 3.67. The molecule has 1 rings (SSSR count). The van der Waals surface area contributed by atoms with Gasteiger partial charge in [0.2, 0.25) is 0 Å². The lowest BCUT2D eigenvalue weighted by Crippen LogP contribution is -2.18. The molecular formula is C22H45OS+. The van der Waals surface area contributed by atoms with Crippen LogP contribution in [0.5, 0.6) is 0 Å². The van der Waals surface area contributed by atoms with E-state index >= 15 is 0 Å². The average Bonchev–Trinajstić information content (AvgIpc) is 2.61. The van der Waals surface area contributed by atoms with Crippen LogP contribution in [0, 0.1) is 0 Å². The highest BCUT2D eigenvalue weighted by Gasteiger charge is 2.12. The Kier molecular flexibility index (Phi) is 15.6. The standard InChI is InChI=1S/C22H44OS/c1-3-4-11-16-21(2)24-20-15-10-8-6-5-7-9-12-17-22-18-13-14-19-23-22/h21-22H,3-20H2,1-2H3/p+1. The van der Waals surface area contributed by atoms with E-state index in [2.05, 4.69) is 13.8 Å². The van der Waals surface area contributed by atoms with Crippen LogP contribution >= 0.6 is 0 Å². The third-order valence-electron chi connectivity index (χ3n) is 5.37. The lowest BCUT2D eigenvalue weighted by atomic mass is 10.0. The monoisotopic (exact) mass is 357 g/mol. The van der Waals surface area contributed by atoms with Gasteiger partial charge in [-0.25, -0.2) is 0 Å². The molecule has 0 radical (unpaired) electrons. The van der Waals surface area contributed by atoms with Gasteiger partial charge in [0.25, 0.3) is 0 Å². The summed E-state index contributed by atoms with van der Waals surface area (Å²) in [4.78, 5) is 0. The van der Waals surface area contributed by atoms with E-state index in [0.717, 1.165) is 11.9 Å². The Labute approximate surface area is 157 Å². The third kappa shape index (κ3) is 13.6. The molecule has 1 heterocycles. The summed E-state index contributed by atoms with van der Waals surface area (Å²) in [5.74, 6) is 1.44. The van der Waals surface area contributed by atoms with Gasteiger partial charge in [0, 0.05) is 6.61 Å². The highest BCUT2D eigenvalue weighted by molar-refractivity contribution is 7.79. The second-order valence-corrected chi connectivity index (χ2v) is 9.55. The van der Waals surface area contributed by atoms with Crippen molar-refractivity contribution in [3.63, 3.8) is 0 Å². The zero-order chi connectivity index (χ0) is 17.3. The molecule has 2 atom stereocenters. The number of ether oxygens (including phenoxy) is 1. The minimum atomic E-state index is 0.599. The molecule has 1 saturated heterocycles. The predicted octanol–water partition coefficient (Wildman–Crippen LogP) is 6.85. The van der Waals surface area contributed by atoms with E-state index in [4.69, 9.17) is 4.74 Å². The van der Waals surface area contributed by atoms with Gasteiger partial charge >= 0.3 is 0 Å². The van der Waals surface area contributed by atoms with E-state index in [1.165, 1.54) is 108 Å². The minimum Gasteiger partial charge on any atom is -0.378 e. The molecule has 0 aromatic carbocycles. The number of thiol groups is 1. The Morgan fingerprint density at radius 3 is 2.25 bits per heavy atom. The van der Waals surface area contributed by atoms with Gasteiger partial charge in [0.05, 0.1) is 6.10 Å². The Morgan fingerprint density at radius 1 is 0.875 bits per heavy atom. The summed E-state index contributed by atoms with van der Waals surface area (Å²) in [5, 5.41) is 0.935. The molecule has 1 aliphatic heterocycles. The Morgan fingerprint density at radius 2 is 1.58 bits per heavy atom. The molecule has 144 valence electrons. The molecule has 0 saturated carbocycles. The predicted molar refractivity (Wildman–Crippen MR) is 112 cm³/mol. The first-order chi connectivity index (χ1) is 11.8. The van der Waals surface area contributed by atoms with Gasteiger partial charge in [-0.05, 0) is 70.1 Å². The highest BCUT2D eigenvalue weighted by atomic mass is 32.2. The van der Waals surface area contributed by atoms with Gasteiger partial charge in [-0.15, -0.1) is 0 Å². The Hall–Kier alpha value is 0.310. The van der Waals surface area contributed by atoms with Crippen LogP contribution < -0.4 is 0 Å². The van der Waals surface area contributed by atoms with Crippen molar-refractivity contribution in [1.29, 1.82) is 0 Å². The van der Waals surface area contributed by atoms with Crippen molar-refractivity contribution in [3.05, 3.63) is 0 Å². The van der Waals surface area contributed by atoms with E-state index in [1.807, 2.05) is 0 Å². The van der Waals surface area contributed by atoms with Gasteiger partial charge in [-0.2, -0.15) is 0 Å². The maximum Gasteiger partial charge on any atom is 0.113 e. The van der Waals surface area contributed by atoms with Crippen LogP contribution in [-0.2, 0) is 16.5 Å². The van der Waals surface area contributed by atoms with Crippen LogP contribution in [0.15, 0.2) is 0 Å². The maximum absolute atomic E-state index is 5.80. The minimum absolute atomic E-state index is 0.599. The van der Waals surface area contributed by atoms with Crippen LogP contribution in [-0.4, -0.2) is 23.7 Å². The molecule has 2 heteroatoms. The molecule has 24 heavy (non-hydrogen) atoms. The topological polar surface area (TPSA) is 9.23 Å². The molecule has 0 aromatic rings. The van der Waals surface area contributed by atoms with E-state index in [1.54, 1.807) is 11.8 Å². The van der Waals surface area contributed by atoms with Gasteiger partial charge < -0.3 is 4.74 Å². The van der Waals surface area contributed by atoms with E-state index in [9.17, 15) is 0 Å². The first-order valence-corrected chi connectivity index (χ1v) is 12.3. The summed E-state index contributed by atoms with van der Waals surface area (Å²) >= 11 is 1.71. The molecule has 0 aromatic heterocycles. The van der Waals surface area contributed by atoms with Crippen molar-refractivity contribution in [1.82, 2.24) is 0 Å². The zero-order valence-electron chi connectivity index (χ0n) is 16.7. The molecule has 1 fully saturated rings. The fourth-order valence-corrected chi connectivity index (χ4v) is 4.88. The first kappa shape index (κ1) is 22.4. The van der Waals surface area contributed by atoms with Crippen molar-refractivity contribution in [2.45, 2.75) is 128 Å². The zero-order valence-corrected chi connectivity index (χ0v) is 17.6. The fraction of sp³-hybridized carbons (Fsp3) is 1.00. The van der Waals surface area contributed by atoms with Crippen LogP contribution in [0.2, 0.25) is 0 Å². The van der Waals surface area contributed by atoms with Crippen LogP contribution in [0.3, 0.4) is 0 Å². The molecule has 0 aliphatic carbocycles. The van der Waals surface area contributed by atoms with E-state index in [-0.39, 0.29) is 0 Å². The van der Waals surface area contributed by atoms with Gasteiger partial charge in [-0.3, -0.25) is 0 Å². The van der Waals surface area contributed by atoms with Crippen LogP contribution in [0.1, 0.15) is 117 Å². The lowest BCUT2D eigenvalue weighted by Gasteiger charge is -2.22. The van der Waals surface area contributed by atoms with E-state index in [0.29, 0.717) is 6.10 Å². The van der Waals surface area contributed by atoms with Crippen molar-refractivity contribution in [2.75, 3.05) is 12.4 Å². The van der Waals surface area contributed by atoms with Crippen LogP contribution in [0.4, 0.5) is 0 Å². The second kappa shape index (κ2) is 16.8. The molecule has 1 nitrogen and oxygen atoms in total. The van der Waals surface area contributed by atoms with E-state index < -0.39 is 0 Å². The summed E-state index contributed by atoms with van der Waals surface area (Å²) in [5.41, 5.74) is 0. The summed E-state index contributed by atoms with van der Waals surface area (Å²) < 4.78 is 5.80. The maximum atomic E-state index is 5.80. The molecule has 0 spiro atoms. The van der Waals surface area contributed by atoms with Gasteiger partial charge in [0.1, 0.15) is 11.0 Å². The molecule has 0 amide bonds. The number of hydrogen-bond donors (Lipinski definition) is 0. The number of rotatable bonds is 16. The van der Waals surface area contributed by atoms with Crippen molar-refractivity contribution in [2.24, 2.45) is 0 Å². The van der Waals surface area contributed by atoms with Crippen LogP contribution in [0.25, 0.3) is 0 Å². The molecule has 1 aliphatic rings. The molecular weight excluding hydrogens is 312 g/mol. The van der Waals surface area contributed by atoms with Gasteiger partial charge in [0.15, 0.2) is 0 Å². The largest absolute Gasteiger partial charge is 0.378 e. The smallest absolute Gasteiger partial charge is 0.113 e. The number of hydrogen-bond acceptors (Lipinski definition) is 1. The molecule has 0 bridgehead atoms. The lowest BCUT2D eigenvalue weighted by molar-refractivity contribution is 0.00977. The SMILES string of the molecule is CCCCCC(C)[SH+]CCCCCCCCCCC1CCCCO1. The normalized spacial score (nSPS) is 19.5. The number of unbranched alkanes of at least 4 members (excludes halogenated alkanes) is 9. The van der Waals surface area contributed by atoms with Crippen molar-refractivity contribution in [3.8, 4) is 0 Å². The molecule has 2 unspecified atom stereocenters. The third-order valence-corrected chi connectivity index (χ3v) is 6.83. The van der Waals surface area contributed by atoms with Crippen molar-refractivity contribution >= 4 is 11.8 Å². The summed E-state index contributed by atoms with van der Waals surface area (Å²) in [6.45, 7) is 5.75.